The lowest BCUT2D eigenvalue weighted by molar-refractivity contribution is 0.415. The smallest absolute Gasteiger partial charge is 0.244 e. The molecule has 0 aliphatic rings. The van der Waals surface area contributed by atoms with Gasteiger partial charge in [0.2, 0.25) is 5.95 Å². The number of ether oxygens (including phenoxy) is 1. The van der Waals surface area contributed by atoms with Crippen molar-refractivity contribution in [1.29, 1.82) is 0 Å². The number of methoxy groups -OCH3 is 1. The van der Waals surface area contributed by atoms with E-state index in [1.165, 1.54) is 0 Å². The summed E-state index contributed by atoms with van der Waals surface area (Å²) in [6.45, 7) is 0.625. The number of rotatable bonds is 6. The highest BCUT2D eigenvalue weighted by Crippen LogP contribution is 2.28. The molecule has 0 spiro atoms. The van der Waals surface area contributed by atoms with E-state index in [-0.39, 0.29) is 0 Å². The molecule has 0 bridgehead atoms. The van der Waals surface area contributed by atoms with Crippen LogP contribution in [0.3, 0.4) is 0 Å². The lowest BCUT2D eigenvalue weighted by Crippen LogP contribution is -2.06. The summed E-state index contributed by atoms with van der Waals surface area (Å²) in [6.07, 6.45) is 1.55. The van der Waals surface area contributed by atoms with Gasteiger partial charge in [-0.2, -0.15) is 10.1 Å². The van der Waals surface area contributed by atoms with Gasteiger partial charge in [0.05, 0.1) is 18.3 Å². The zero-order valence-electron chi connectivity index (χ0n) is 13.0. The second-order valence-corrected chi connectivity index (χ2v) is 5.39. The fourth-order valence-corrected chi connectivity index (χ4v) is 2.37. The van der Waals surface area contributed by atoms with E-state index in [9.17, 15) is 0 Å². The second kappa shape index (κ2) is 7.61. The molecule has 24 heavy (non-hydrogen) atoms. The van der Waals surface area contributed by atoms with Crippen LogP contribution in [0, 0.1) is 0 Å². The Bertz CT molecular complexity index is 813. The van der Waals surface area contributed by atoms with Gasteiger partial charge in [-0.25, -0.2) is 0 Å². The molecule has 0 saturated heterocycles. The van der Waals surface area contributed by atoms with Crippen LogP contribution in [0.1, 0.15) is 5.56 Å². The van der Waals surface area contributed by atoms with Gasteiger partial charge < -0.3 is 15.4 Å². The Morgan fingerprint density at radius 3 is 2.71 bits per heavy atom. The van der Waals surface area contributed by atoms with Crippen molar-refractivity contribution < 1.29 is 4.74 Å². The van der Waals surface area contributed by atoms with E-state index < -0.39 is 0 Å². The second-order valence-electron chi connectivity index (χ2n) is 4.98. The molecule has 3 rings (SSSR count). The predicted molar refractivity (Wildman–Crippen MR) is 94.9 cm³/mol. The highest BCUT2D eigenvalue weighted by atomic mass is 35.5. The van der Waals surface area contributed by atoms with Gasteiger partial charge in [-0.15, -0.1) is 5.10 Å². The Balaban J connectivity index is 1.67. The van der Waals surface area contributed by atoms with Crippen LogP contribution in [0.2, 0.25) is 5.02 Å². The molecule has 0 saturated carbocycles. The van der Waals surface area contributed by atoms with Crippen LogP contribution in [0.4, 0.5) is 17.5 Å². The Morgan fingerprint density at radius 2 is 1.96 bits per heavy atom. The van der Waals surface area contributed by atoms with Crippen LogP contribution in [-0.4, -0.2) is 22.3 Å². The number of benzene rings is 2. The molecule has 0 fully saturated rings. The molecule has 2 aromatic carbocycles. The summed E-state index contributed by atoms with van der Waals surface area (Å²) in [5.74, 6) is 1.64. The predicted octanol–water partition coefficient (Wildman–Crippen LogP) is 3.89. The quantitative estimate of drug-likeness (QED) is 0.708. The van der Waals surface area contributed by atoms with E-state index in [0.717, 1.165) is 11.3 Å². The first-order valence-electron chi connectivity index (χ1n) is 7.32. The number of nitrogens with one attached hydrogen (secondary N) is 2. The third-order valence-corrected chi connectivity index (χ3v) is 3.57. The molecule has 0 radical (unpaired) electrons. The minimum Gasteiger partial charge on any atom is -0.495 e. The number of anilines is 3. The van der Waals surface area contributed by atoms with E-state index >= 15 is 0 Å². The molecule has 0 unspecified atom stereocenters. The topological polar surface area (TPSA) is 72.0 Å². The Hall–Kier alpha value is -2.86. The Morgan fingerprint density at radius 1 is 1.12 bits per heavy atom. The summed E-state index contributed by atoms with van der Waals surface area (Å²) in [5, 5.41) is 14.7. The minimum absolute atomic E-state index is 0.448. The van der Waals surface area contributed by atoms with Gasteiger partial charge in [0.1, 0.15) is 5.75 Å². The van der Waals surface area contributed by atoms with Crippen LogP contribution < -0.4 is 15.4 Å². The Kier molecular flexibility index (Phi) is 5.08. The van der Waals surface area contributed by atoms with E-state index in [1.807, 2.05) is 36.4 Å². The lowest BCUT2D eigenvalue weighted by Gasteiger charge is -2.09. The molecule has 122 valence electrons. The van der Waals surface area contributed by atoms with Crippen molar-refractivity contribution in [1.82, 2.24) is 15.2 Å². The first-order valence-corrected chi connectivity index (χ1v) is 7.70. The molecule has 1 aromatic heterocycles. The first kappa shape index (κ1) is 16.0. The molecule has 2 N–H and O–H groups in total. The van der Waals surface area contributed by atoms with Gasteiger partial charge >= 0.3 is 0 Å². The van der Waals surface area contributed by atoms with Crippen molar-refractivity contribution in [3.8, 4) is 5.75 Å². The molecule has 6 nitrogen and oxygen atoms in total. The van der Waals surface area contributed by atoms with Crippen LogP contribution in [0.5, 0.6) is 5.75 Å². The zero-order chi connectivity index (χ0) is 16.8. The number of aromatic nitrogens is 3. The normalized spacial score (nSPS) is 10.2. The molecule has 0 atom stereocenters. The van der Waals surface area contributed by atoms with Crippen molar-refractivity contribution in [2.45, 2.75) is 6.54 Å². The van der Waals surface area contributed by atoms with E-state index in [2.05, 4.69) is 25.8 Å². The SMILES string of the molecule is COc1ccc(Nc2cnnc(NCc3ccccc3)n2)cc1Cl. The van der Waals surface area contributed by atoms with Gasteiger partial charge in [0.25, 0.3) is 0 Å². The third kappa shape index (κ3) is 4.11. The average molecular weight is 342 g/mol. The molecular formula is C17H16ClN5O. The molecular weight excluding hydrogens is 326 g/mol. The van der Waals surface area contributed by atoms with Crippen LogP contribution in [-0.2, 0) is 6.54 Å². The van der Waals surface area contributed by atoms with E-state index in [4.69, 9.17) is 16.3 Å². The lowest BCUT2D eigenvalue weighted by atomic mass is 10.2. The van der Waals surface area contributed by atoms with Crippen molar-refractivity contribution in [2.75, 3.05) is 17.7 Å². The largest absolute Gasteiger partial charge is 0.495 e. The van der Waals surface area contributed by atoms with Crippen molar-refractivity contribution in [2.24, 2.45) is 0 Å². The Labute approximate surface area is 144 Å². The number of halogens is 1. The standard InChI is InChI=1S/C17H16ClN5O/c1-24-15-8-7-13(9-14(15)18)21-16-11-20-23-17(22-16)19-10-12-5-3-2-4-6-12/h2-9,11H,10H2,1H3,(H2,19,21,22,23). The number of hydrogen-bond donors (Lipinski definition) is 2. The first-order chi connectivity index (χ1) is 11.7. The summed E-state index contributed by atoms with van der Waals surface area (Å²) < 4.78 is 5.14. The summed E-state index contributed by atoms with van der Waals surface area (Å²) in [4.78, 5) is 4.39. The molecule has 0 aliphatic heterocycles. The number of nitrogens with zero attached hydrogens (tertiary/aromatic N) is 3. The van der Waals surface area contributed by atoms with Crippen molar-refractivity contribution >= 4 is 29.1 Å². The van der Waals surface area contributed by atoms with Crippen LogP contribution in [0.25, 0.3) is 0 Å². The zero-order valence-corrected chi connectivity index (χ0v) is 13.8. The van der Waals surface area contributed by atoms with E-state index in [1.54, 1.807) is 25.4 Å². The summed E-state index contributed by atoms with van der Waals surface area (Å²) in [7, 11) is 1.58. The average Bonchev–Trinajstić information content (AvgIpc) is 2.61. The van der Waals surface area contributed by atoms with Gasteiger partial charge in [0, 0.05) is 12.2 Å². The minimum atomic E-state index is 0.448. The van der Waals surface area contributed by atoms with Gasteiger partial charge in [0.15, 0.2) is 5.82 Å². The molecule has 3 aromatic rings. The molecule has 0 amide bonds. The fraction of sp³-hybridized carbons (Fsp3) is 0.118. The third-order valence-electron chi connectivity index (χ3n) is 3.28. The van der Waals surface area contributed by atoms with Gasteiger partial charge in [-0.05, 0) is 23.8 Å². The maximum absolute atomic E-state index is 6.12. The summed E-state index contributed by atoms with van der Waals surface area (Å²) in [5.41, 5.74) is 1.93. The van der Waals surface area contributed by atoms with Crippen molar-refractivity contribution in [3.05, 3.63) is 65.3 Å². The molecule has 0 aliphatic carbocycles. The molecule has 1 heterocycles. The molecule has 7 heteroatoms. The van der Waals surface area contributed by atoms with Gasteiger partial charge in [-0.3, -0.25) is 0 Å². The highest BCUT2D eigenvalue weighted by Gasteiger charge is 2.04. The van der Waals surface area contributed by atoms with Crippen LogP contribution in [0.15, 0.2) is 54.7 Å². The van der Waals surface area contributed by atoms with Crippen molar-refractivity contribution in [3.63, 3.8) is 0 Å². The summed E-state index contributed by atoms with van der Waals surface area (Å²) >= 11 is 6.12. The maximum Gasteiger partial charge on any atom is 0.244 e. The summed E-state index contributed by atoms with van der Waals surface area (Å²) in [6, 6.07) is 15.4. The maximum atomic E-state index is 6.12. The monoisotopic (exact) mass is 341 g/mol. The highest BCUT2D eigenvalue weighted by molar-refractivity contribution is 6.32. The number of hydrogen-bond acceptors (Lipinski definition) is 6. The van der Waals surface area contributed by atoms with Crippen LogP contribution >= 0.6 is 11.6 Å². The van der Waals surface area contributed by atoms with E-state index in [0.29, 0.717) is 29.1 Å². The van der Waals surface area contributed by atoms with Gasteiger partial charge in [-0.1, -0.05) is 41.9 Å². The fourth-order valence-electron chi connectivity index (χ4n) is 2.11.